The molecule has 3 heteroatoms. The third kappa shape index (κ3) is 6.46. The molecule has 0 aromatic carbocycles. The molecule has 1 saturated carbocycles. The van der Waals surface area contributed by atoms with Crippen LogP contribution in [-0.2, 0) is 0 Å². The first kappa shape index (κ1) is 15.9. The van der Waals surface area contributed by atoms with Crippen molar-refractivity contribution in [3.8, 4) is 0 Å². The molecule has 3 nitrogen and oxygen atoms in total. The first-order chi connectivity index (χ1) is 7.38. The van der Waals surface area contributed by atoms with E-state index < -0.39 is 6.10 Å². The second-order valence-corrected chi connectivity index (χ2v) is 5.43. The highest BCUT2D eigenvalue weighted by atomic mass is 16.3. The summed E-state index contributed by atoms with van der Waals surface area (Å²) in [5.41, 5.74) is 0. The molecule has 16 heavy (non-hydrogen) atoms. The van der Waals surface area contributed by atoms with E-state index >= 15 is 0 Å². The van der Waals surface area contributed by atoms with Crippen molar-refractivity contribution in [3.05, 3.63) is 0 Å². The molecule has 4 atom stereocenters. The lowest BCUT2D eigenvalue weighted by Gasteiger charge is -2.33. The fourth-order valence-corrected chi connectivity index (χ4v) is 2.15. The molecule has 0 radical (unpaired) electrons. The van der Waals surface area contributed by atoms with Crippen molar-refractivity contribution in [2.45, 2.75) is 59.2 Å². The lowest BCUT2D eigenvalue weighted by Crippen LogP contribution is -2.31. The smallest absolute Gasteiger partial charge is 0.0742 e. The SMILES string of the molecule is CC(O)CO.CC1CCC(C(C)C)C(O)C1. The van der Waals surface area contributed by atoms with E-state index in [1.54, 1.807) is 0 Å². The Morgan fingerprint density at radius 2 is 1.69 bits per heavy atom. The normalized spacial score (nSPS) is 31.9. The largest absolute Gasteiger partial charge is 0.394 e. The van der Waals surface area contributed by atoms with Crippen LogP contribution in [0.15, 0.2) is 0 Å². The van der Waals surface area contributed by atoms with Crippen LogP contribution in [0.1, 0.15) is 47.0 Å². The molecule has 0 bridgehead atoms. The van der Waals surface area contributed by atoms with Gasteiger partial charge in [0.15, 0.2) is 0 Å². The van der Waals surface area contributed by atoms with E-state index in [-0.39, 0.29) is 12.7 Å². The Balaban J connectivity index is 0.000000385. The van der Waals surface area contributed by atoms with Gasteiger partial charge in [-0.25, -0.2) is 0 Å². The number of aliphatic hydroxyl groups excluding tert-OH is 3. The van der Waals surface area contributed by atoms with Gasteiger partial charge in [0.05, 0.1) is 18.8 Å². The Kier molecular flexibility index (Phi) is 7.98. The molecule has 0 heterocycles. The minimum Gasteiger partial charge on any atom is -0.394 e. The van der Waals surface area contributed by atoms with Crippen LogP contribution in [0.2, 0.25) is 0 Å². The average Bonchev–Trinajstić information content (AvgIpc) is 2.17. The van der Waals surface area contributed by atoms with Gasteiger partial charge in [-0.2, -0.15) is 0 Å². The Morgan fingerprint density at radius 1 is 1.19 bits per heavy atom. The van der Waals surface area contributed by atoms with Crippen LogP contribution in [0.4, 0.5) is 0 Å². The standard InChI is InChI=1S/C10H20O.C3H8O2/c1-7(2)9-5-4-8(3)6-10(9)11;1-3(5)2-4/h7-11H,4-6H2,1-3H3;3-5H,2H2,1H3. The van der Waals surface area contributed by atoms with Crippen molar-refractivity contribution < 1.29 is 15.3 Å². The van der Waals surface area contributed by atoms with E-state index in [0.29, 0.717) is 11.8 Å². The van der Waals surface area contributed by atoms with Gasteiger partial charge >= 0.3 is 0 Å². The van der Waals surface area contributed by atoms with Gasteiger partial charge in [-0.05, 0) is 37.5 Å². The van der Waals surface area contributed by atoms with Crippen molar-refractivity contribution in [2.75, 3.05) is 6.61 Å². The van der Waals surface area contributed by atoms with E-state index in [4.69, 9.17) is 10.2 Å². The molecule has 4 unspecified atom stereocenters. The predicted molar refractivity (Wildman–Crippen MR) is 66.1 cm³/mol. The van der Waals surface area contributed by atoms with Crippen molar-refractivity contribution in [1.29, 1.82) is 0 Å². The lowest BCUT2D eigenvalue weighted by atomic mass is 9.75. The Morgan fingerprint density at radius 3 is 2.00 bits per heavy atom. The van der Waals surface area contributed by atoms with Crippen LogP contribution in [0, 0.1) is 17.8 Å². The quantitative estimate of drug-likeness (QED) is 0.680. The van der Waals surface area contributed by atoms with Crippen LogP contribution in [0.5, 0.6) is 0 Å². The molecule has 1 aliphatic rings. The monoisotopic (exact) mass is 232 g/mol. The van der Waals surface area contributed by atoms with Gasteiger partial charge in [0.1, 0.15) is 0 Å². The predicted octanol–water partition coefficient (Wildman–Crippen LogP) is 1.80. The van der Waals surface area contributed by atoms with E-state index in [9.17, 15) is 5.11 Å². The minimum atomic E-state index is -0.560. The second-order valence-electron chi connectivity index (χ2n) is 5.43. The molecule has 0 aromatic rings. The maximum Gasteiger partial charge on any atom is 0.0742 e. The van der Waals surface area contributed by atoms with E-state index in [0.717, 1.165) is 12.3 Å². The maximum absolute atomic E-state index is 9.71. The van der Waals surface area contributed by atoms with Crippen molar-refractivity contribution in [2.24, 2.45) is 17.8 Å². The van der Waals surface area contributed by atoms with Crippen LogP contribution >= 0.6 is 0 Å². The average molecular weight is 232 g/mol. The molecular formula is C13H28O3. The van der Waals surface area contributed by atoms with Crippen LogP contribution in [-0.4, -0.2) is 34.1 Å². The zero-order valence-corrected chi connectivity index (χ0v) is 11.1. The van der Waals surface area contributed by atoms with Gasteiger partial charge in [0.2, 0.25) is 0 Å². The van der Waals surface area contributed by atoms with Crippen LogP contribution in [0.25, 0.3) is 0 Å². The molecule has 0 aliphatic heterocycles. The fourth-order valence-electron chi connectivity index (χ4n) is 2.15. The zero-order chi connectivity index (χ0) is 12.7. The summed E-state index contributed by atoms with van der Waals surface area (Å²) in [6.45, 7) is 8.05. The second kappa shape index (κ2) is 8.04. The third-order valence-electron chi connectivity index (χ3n) is 3.25. The number of hydrogen-bond donors (Lipinski definition) is 3. The van der Waals surface area contributed by atoms with Gasteiger partial charge in [0.25, 0.3) is 0 Å². The summed E-state index contributed by atoms with van der Waals surface area (Å²) in [4.78, 5) is 0. The van der Waals surface area contributed by atoms with E-state index in [2.05, 4.69) is 20.8 Å². The molecule has 1 fully saturated rings. The number of rotatable bonds is 2. The van der Waals surface area contributed by atoms with Gasteiger partial charge in [-0.3, -0.25) is 0 Å². The van der Waals surface area contributed by atoms with Gasteiger partial charge < -0.3 is 15.3 Å². The molecule has 0 aromatic heterocycles. The third-order valence-corrected chi connectivity index (χ3v) is 3.25. The summed E-state index contributed by atoms with van der Waals surface area (Å²) in [7, 11) is 0. The molecule has 1 aliphatic carbocycles. The first-order valence-electron chi connectivity index (χ1n) is 6.35. The van der Waals surface area contributed by atoms with Gasteiger partial charge in [0, 0.05) is 0 Å². The summed E-state index contributed by atoms with van der Waals surface area (Å²) < 4.78 is 0. The van der Waals surface area contributed by atoms with E-state index in [1.165, 1.54) is 19.8 Å². The highest BCUT2D eigenvalue weighted by Crippen LogP contribution is 2.33. The van der Waals surface area contributed by atoms with Crippen molar-refractivity contribution >= 4 is 0 Å². The zero-order valence-electron chi connectivity index (χ0n) is 11.1. The highest BCUT2D eigenvalue weighted by Gasteiger charge is 2.28. The molecule has 0 saturated heterocycles. The Bertz CT molecular complexity index is 169. The van der Waals surface area contributed by atoms with Crippen molar-refractivity contribution in [3.63, 3.8) is 0 Å². The molecule has 0 amide bonds. The van der Waals surface area contributed by atoms with Crippen molar-refractivity contribution in [1.82, 2.24) is 0 Å². The van der Waals surface area contributed by atoms with Crippen LogP contribution in [0.3, 0.4) is 0 Å². The minimum absolute atomic E-state index is 0.0289. The number of hydrogen-bond acceptors (Lipinski definition) is 3. The maximum atomic E-state index is 9.71. The summed E-state index contributed by atoms with van der Waals surface area (Å²) in [6.07, 6.45) is 2.96. The molecule has 0 spiro atoms. The van der Waals surface area contributed by atoms with Gasteiger partial charge in [-0.15, -0.1) is 0 Å². The van der Waals surface area contributed by atoms with Crippen LogP contribution < -0.4 is 0 Å². The van der Waals surface area contributed by atoms with E-state index in [1.807, 2.05) is 0 Å². The summed E-state index contributed by atoms with van der Waals surface area (Å²) in [5, 5.41) is 25.7. The first-order valence-corrected chi connectivity index (χ1v) is 6.35. The number of aliphatic hydroxyl groups is 3. The van der Waals surface area contributed by atoms with Gasteiger partial charge in [-0.1, -0.05) is 27.2 Å². The molecular weight excluding hydrogens is 204 g/mol. The summed E-state index contributed by atoms with van der Waals surface area (Å²) in [6, 6.07) is 0. The molecule has 3 N–H and O–H groups in total. The highest BCUT2D eigenvalue weighted by molar-refractivity contribution is 4.79. The Labute approximate surface area is 99.5 Å². The summed E-state index contributed by atoms with van der Waals surface area (Å²) in [5.74, 6) is 1.95. The molecule has 1 rings (SSSR count). The summed E-state index contributed by atoms with van der Waals surface area (Å²) >= 11 is 0. The lowest BCUT2D eigenvalue weighted by molar-refractivity contribution is 0.0266. The topological polar surface area (TPSA) is 60.7 Å². The fraction of sp³-hybridized carbons (Fsp3) is 1.00. The molecule has 98 valence electrons. The Hall–Kier alpha value is -0.120.